The summed E-state index contributed by atoms with van der Waals surface area (Å²) in [4.78, 5) is 18.5. The summed E-state index contributed by atoms with van der Waals surface area (Å²) in [6.45, 7) is 4.85. The first-order chi connectivity index (χ1) is 15.9. The first-order valence-electron chi connectivity index (χ1n) is 10.9. The monoisotopic (exact) mass is 482 g/mol. The van der Waals surface area contributed by atoms with Crippen molar-refractivity contribution in [1.82, 2.24) is 19.8 Å². The van der Waals surface area contributed by atoms with Gasteiger partial charge in [0.15, 0.2) is 5.11 Å². The second-order valence-corrected chi connectivity index (χ2v) is 8.96. The Morgan fingerprint density at radius 1 is 1.21 bits per heavy atom. The number of aromatic nitrogens is 2. The minimum absolute atomic E-state index is 0.0656. The van der Waals surface area contributed by atoms with Crippen molar-refractivity contribution in [2.75, 3.05) is 13.7 Å². The third-order valence-corrected chi connectivity index (χ3v) is 6.65. The van der Waals surface area contributed by atoms with E-state index < -0.39 is 0 Å². The maximum absolute atomic E-state index is 11.7. The summed E-state index contributed by atoms with van der Waals surface area (Å²) in [5, 5.41) is 4.83. The molecule has 172 valence electrons. The van der Waals surface area contributed by atoms with Gasteiger partial charge in [-0.2, -0.15) is 0 Å². The number of ether oxygens (including phenoxy) is 1. The fourth-order valence-corrected chi connectivity index (χ4v) is 5.10. The first-order valence-corrected chi connectivity index (χ1v) is 11.7. The van der Waals surface area contributed by atoms with Crippen molar-refractivity contribution in [3.63, 3.8) is 0 Å². The van der Waals surface area contributed by atoms with E-state index in [1.165, 1.54) is 7.11 Å². The molecule has 0 unspecified atom stereocenters. The van der Waals surface area contributed by atoms with Crippen LogP contribution >= 0.6 is 23.8 Å². The number of aryl methyl sites for hydroxylation is 1. The number of nitrogens with one attached hydrogen (secondary N) is 1. The Labute approximate surface area is 204 Å². The van der Waals surface area contributed by atoms with Crippen LogP contribution in [0.3, 0.4) is 0 Å². The van der Waals surface area contributed by atoms with Gasteiger partial charge in [-0.25, -0.2) is 0 Å². The van der Waals surface area contributed by atoms with E-state index in [9.17, 15) is 4.79 Å². The second kappa shape index (κ2) is 9.93. The molecule has 33 heavy (non-hydrogen) atoms. The molecule has 0 amide bonds. The number of thiocarbonyl (C=S) groups is 1. The van der Waals surface area contributed by atoms with Crippen molar-refractivity contribution < 1.29 is 9.53 Å². The molecule has 4 rings (SSSR count). The molecule has 1 aromatic carbocycles. The lowest BCUT2D eigenvalue weighted by Crippen LogP contribution is -2.31. The van der Waals surface area contributed by atoms with Crippen molar-refractivity contribution >= 4 is 34.9 Å². The molecule has 3 aromatic rings. The molecule has 2 aromatic heterocycles. The lowest BCUT2D eigenvalue weighted by Gasteiger charge is -2.28. The van der Waals surface area contributed by atoms with Gasteiger partial charge < -0.3 is 19.5 Å². The molecular formula is C25H27ClN4O2S. The fraction of sp³-hybridized carbons (Fsp3) is 0.320. The van der Waals surface area contributed by atoms with Crippen LogP contribution in [-0.2, 0) is 9.53 Å². The average Bonchev–Trinajstić information content (AvgIpc) is 3.29. The van der Waals surface area contributed by atoms with E-state index in [2.05, 4.69) is 45.7 Å². The van der Waals surface area contributed by atoms with Gasteiger partial charge >= 0.3 is 5.97 Å². The van der Waals surface area contributed by atoms with Gasteiger partial charge in [-0.15, -0.1) is 0 Å². The van der Waals surface area contributed by atoms with Crippen LogP contribution in [0.4, 0.5) is 0 Å². The van der Waals surface area contributed by atoms with Crippen LogP contribution in [0.2, 0.25) is 5.02 Å². The third kappa shape index (κ3) is 4.75. The van der Waals surface area contributed by atoms with Crippen LogP contribution in [0.15, 0.2) is 54.7 Å². The van der Waals surface area contributed by atoms with Crippen LogP contribution in [0.5, 0.6) is 0 Å². The highest BCUT2D eigenvalue weighted by molar-refractivity contribution is 7.80. The van der Waals surface area contributed by atoms with Gasteiger partial charge in [-0.1, -0.05) is 23.7 Å². The van der Waals surface area contributed by atoms with Gasteiger partial charge in [0, 0.05) is 41.3 Å². The molecule has 1 fully saturated rings. The lowest BCUT2D eigenvalue weighted by atomic mass is 9.96. The fourth-order valence-electron chi connectivity index (χ4n) is 4.58. The normalized spacial score (nSPS) is 17.8. The predicted octanol–water partition coefficient (Wildman–Crippen LogP) is 5.07. The van der Waals surface area contributed by atoms with E-state index in [4.69, 9.17) is 28.6 Å². The molecule has 8 heteroatoms. The maximum Gasteiger partial charge on any atom is 0.305 e. The summed E-state index contributed by atoms with van der Waals surface area (Å²) in [6.07, 6.45) is 2.79. The van der Waals surface area contributed by atoms with Gasteiger partial charge in [0.05, 0.1) is 24.9 Å². The number of methoxy groups -OCH3 is 1. The van der Waals surface area contributed by atoms with Crippen LogP contribution in [0.1, 0.15) is 47.6 Å². The van der Waals surface area contributed by atoms with Gasteiger partial charge in [0.1, 0.15) is 0 Å². The highest BCUT2D eigenvalue weighted by Gasteiger charge is 2.41. The lowest BCUT2D eigenvalue weighted by molar-refractivity contribution is -0.140. The molecule has 1 saturated heterocycles. The number of carbonyl (C=O) groups is 1. The summed E-state index contributed by atoms with van der Waals surface area (Å²) in [6, 6.07) is 15.8. The number of carbonyl (C=O) groups excluding carboxylic acids is 1. The highest BCUT2D eigenvalue weighted by atomic mass is 35.5. The minimum atomic E-state index is -0.218. The predicted molar refractivity (Wildman–Crippen MR) is 134 cm³/mol. The number of hydrogen-bond acceptors (Lipinski definition) is 4. The molecule has 0 bridgehead atoms. The molecule has 3 heterocycles. The zero-order valence-corrected chi connectivity index (χ0v) is 20.5. The molecule has 0 aliphatic carbocycles. The van der Waals surface area contributed by atoms with E-state index in [0.29, 0.717) is 29.5 Å². The molecule has 0 spiro atoms. The Hall–Kier alpha value is -2.90. The summed E-state index contributed by atoms with van der Waals surface area (Å²) < 4.78 is 7.02. The Morgan fingerprint density at radius 3 is 2.73 bits per heavy atom. The smallest absolute Gasteiger partial charge is 0.305 e. The Morgan fingerprint density at radius 2 is 2.03 bits per heavy atom. The SMILES string of the molecule is COC(=O)CCCN1C(=S)N[C@H](c2ccccn2)[C@H]1c1cc(C)n(-c2cccc(Cl)c2)c1C. The van der Waals surface area contributed by atoms with Crippen molar-refractivity contribution in [2.24, 2.45) is 0 Å². The maximum atomic E-state index is 11.7. The Bertz CT molecular complexity index is 1160. The largest absolute Gasteiger partial charge is 0.469 e. The first kappa shape index (κ1) is 23.3. The molecule has 2 atom stereocenters. The van der Waals surface area contributed by atoms with Gasteiger partial charge in [-0.3, -0.25) is 9.78 Å². The number of pyridine rings is 1. The van der Waals surface area contributed by atoms with Crippen LogP contribution < -0.4 is 5.32 Å². The quantitative estimate of drug-likeness (QED) is 0.375. The van der Waals surface area contributed by atoms with Crippen molar-refractivity contribution in [2.45, 2.75) is 38.8 Å². The highest BCUT2D eigenvalue weighted by Crippen LogP contribution is 2.41. The van der Waals surface area contributed by atoms with Crippen LogP contribution in [-0.4, -0.2) is 39.2 Å². The van der Waals surface area contributed by atoms with Crippen molar-refractivity contribution in [3.05, 3.63) is 82.4 Å². The zero-order chi connectivity index (χ0) is 23.5. The summed E-state index contributed by atoms with van der Waals surface area (Å²) in [7, 11) is 1.41. The number of nitrogens with zero attached hydrogens (tertiary/aromatic N) is 3. The van der Waals surface area contributed by atoms with E-state index in [1.54, 1.807) is 6.20 Å². The number of halogens is 1. The van der Waals surface area contributed by atoms with Gasteiger partial charge in [0.25, 0.3) is 0 Å². The summed E-state index contributed by atoms with van der Waals surface area (Å²) in [5.41, 5.74) is 5.33. The minimum Gasteiger partial charge on any atom is -0.469 e. The number of hydrogen-bond donors (Lipinski definition) is 1. The summed E-state index contributed by atoms with van der Waals surface area (Å²) in [5.74, 6) is -0.218. The Balaban J connectivity index is 1.75. The third-order valence-electron chi connectivity index (χ3n) is 6.06. The molecule has 6 nitrogen and oxygen atoms in total. The number of benzene rings is 1. The molecule has 0 radical (unpaired) electrons. The molecular weight excluding hydrogens is 456 g/mol. The standard InChI is InChI=1S/C25H27ClN4O2S/c1-16-14-20(17(2)30(16)19-9-6-8-18(26)15-19)24-23(21-10-4-5-12-27-21)28-25(33)29(24)13-7-11-22(31)32-3/h4-6,8-10,12,14-15,23-24H,7,11,13H2,1-3H3,(H,28,33)/t23-,24-/m1/s1. The van der Waals surface area contributed by atoms with Crippen molar-refractivity contribution in [3.8, 4) is 5.69 Å². The van der Waals surface area contributed by atoms with E-state index >= 15 is 0 Å². The molecule has 1 aliphatic rings. The number of rotatable bonds is 7. The Kier molecular flexibility index (Phi) is 7.00. The topological polar surface area (TPSA) is 59.4 Å². The van der Waals surface area contributed by atoms with E-state index in [-0.39, 0.29) is 18.1 Å². The molecule has 0 saturated carbocycles. The zero-order valence-electron chi connectivity index (χ0n) is 18.9. The number of esters is 1. The van der Waals surface area contributed by atoms with E-state index in [0.717, 1.165) is 28.3 Å². The van der Waals surface area contributed by atoms with Crippen molar-refractivity contribution in [1.29, 1.82) is 0 Å². The average molecular weight is 483 g/mol. The van der Waals surface area contributed by atoms with E-state index in [1.807, 2.05) is 36.4 Å². The van der Waals surface area contributed by atoms with Gasteiger partial charge in [0.2, 0.25) is 0 Å². The van der Waals surface area contributed by atoms with Gasteiger partial charge in [-0.05, 0) is 74.4 Å². The molecule has 1 N–H and O–H groups in total. The summed E-state index contributed by atoms with van der Waals surface area (Å²) >= 11 is 12.0. The second-order valence-electron chi connectivity index (χ2n) is 8.14. The van der Waals surface area contributed by atoms with Crippen LogP contribution in [0, 0.1) is 13.8 Å². The molecule has 1 aliphatic heterocycles. The van der Waals surface area contributed by atoms with Crippen LogP contribution in [0.25, 0.3) is 5.69 Å².